The number of nitrogens with zero attached hydrogens (tertiary/aromatic N) is 2. The largest absolute Gasteiger partial charge is 0.416 e. The molecule has 0 spiro atoms. The number of para-hydroxylation sites is 1. The van der Waals surface area contributed by atoms with Crippen LogP contribution in [0, 0.1) is 11.2 Å². The van der Waals surface area contributed by atoms with Crippen molar-refractivity contribution in [2.45, 2.75) is 75.7 Å². The van der Waals surface area contributed by atoms with Crippen LogP contribution in [0.4, 0.5) is 36.4 Å². The van der Waals surface area contributed by atoms with E-state index in [1.54, 1.807) is 44.3 Å². The normalized spacial score (nSPS) is 22.6. The third-order valence-corrected chi connectivity index (χ3v) is 10.0. The highest BCUT2D eigenvalue weighted by molar-refractivity contribution is 5.98. The van der Waals surface area contributed by atoms with Crippen molar-refractivity contribution in [3.8, 4) is 0 Å². The predicted octanol–water partition coefficient (Wildman–Crippen LogP) is 9.44. The Morgan fingerprint density at radius 2 is 1.36 bits per heavy atom. The Hall–Kier alpha value is -3.40. The van der Waals surface area contributed by atoms with E-state index in [2.05, 4.69) is 4.90 Å². The molecule has 10 heteroatoms. The fourth-order valence-corrected chi connectivity index (χ4v) is 7.30. The summed E-state index contributed by atoms with van der Waals surface area (Å²) in [4.78, 5) is 18.2. The molecule has 45 heavy (non-hydrogen) atoms. The Bertz CT molecular complexity index is 1420. The number of amides is 1. The molecule has 242 valence electrons. The topological polar surface area (TPSA) is 23.6 Å². The van der Waals surface area contributed by atoms with Crippen LogP contribution in [0.2, 0.25) is 0 Å². The minimum absolute atomic E-state index is 0.132. The predicted molar refractivity (Wildman–Crippen MR) is 159 cm³/mol. The van der Waals surface area contributed by atoms with Gasteiger partial charge in [-0.15, -0.1) is 0 Å². The summed E-state index contributed by atoms with van der Waals surface area (Å²) in [6.45, 7) is 3.21. The van der Waals surface area contributed by atoms with Gasteiger partial charge in [-0.25, -0.2) is 4.39 Å². The fraction of sp³-hybridized carbons (Fsp3) is 0.457. The second kappa shape index (κ2) is 12.8. The van der Waals surface area contributed by atoms with Gasteiger partial charge in [-0.1, -0.05) is 37.3 Å². The maximum absolute atomic E-state index is 14.3. The first-order valence-electron chi connectivity index (χ1n) is 15.3. The lowest BCUT2D eigenvalue weighted by Crippen LogP contribution is -2.51. The van der Waals surface area contributed by atoms with E-state index in [0.717, 1.165) is 43.6 Å². The summed E-state index contributed by atoms with van der Waals surface area (Å²) in [7, 11) is 1.60. The number of likely N-dealkylation sites (tertiary alicyclic amines) is 1. The summed E-state index contributed by atoms with van der Waals surface area (Å²) in [5.74, 6) is -1.19. The number of hydrogen-bond acceptors (Lipinski definition) is 2. The summed E-state index contributed by atoms with van der Waals surface area (Å²) in [6.07, 6.45) is -6.35. The van der Waals surface area contributed by atoms with Crippen LogP contribution in [-0.2, 0) is 17.1 Å². The number of carbonyl (C=O) groups is 1. The van der Waals surface area contributed by atoms with Crippen LogP contribution in [0.25, 0.3) is 0 Å². The molecule has 0 radical (unpaired) electrons. The van der Waals surface area contributed by atoms with Gasteiger partial charge in [-0.2, -0.15) is 26.3 Å². The van der Waals surface area contributed by atoms with E-state index >= 15 is 0 Å². The van der Waals surface area contributed by atoms with E-state index in [-0.39, 0.29) is 29.4 Å². The maximum atomic E-state index is 14.3. The van der Waals surface area contributed by atoms with Crippen molar-refractivity contribution in [1.29, 1.82) is 0 Å². The molecular weight excluding hydrogens is 597 g/mol. The number of anilines is 1. The number of rotatable bonds is 6. The molecule has 2 aliphatic rings. The van der Waals surface area contributed by atoms with Crippen LogP contribution >= 0.6 is 0 Å². The smallest absolute Gasteiger partial charge is 0.315 e. The van der Waals surface area contributed by atoms with E-state index in [0.29, 0.717) is 37.3 Å². The summed E-state index contributed by atoms with van der Waals surface area (Å²) in [5.41, 5.74) is -2.42. The van der Waals surface area contributed by atoms with Crippen LogP contribution in [-0.4, -0.2) is 37.0 Å². The molecule has 1 aliphatic carbocycles. The quantitative estimate of drug-likeness (QED) is 0.252. The molecule has 5 rings (SSSR count). The van der Waals surface area contributed by atoms with Crippen molar-refractivity contribution in [2.75, 3.05) is 25.0 Å². The van der Waals surface area contributed by atoms with Crippen molar-refractivity contribution in [3.63, 3.8) is 0 Å². The zero-order valence-electron chi connectivity index (χ0n) is 25.3. The van der Waals surface area contributed by atoms with Gasteiger partial charge in [0.15, 0.2) is 0 Å². The monoisotopic (exact) mass is 634 g/mol. The standard InChI is InChI=1S/C35H37F7N2O/c1-23(26-20-27(34(37,38)39)22-28(21-26)35(40,41)42)33(32(45)43(2)30-6-4-3-5-7-30)16-12-31(13-17-33)44-18-14-25(15-19-44)24-8-10-29(36)11-9-24/h3-11,20-23,25,31H,12-19H2,1-2H3/t23-,31-,33-/m1/s1. The average molecular weight is 635 g/mol. The van der Waals surface area contributed by atoms with Crippen LogP contribution in [0.3, 0.4) is 0 Å². The summed E-state index contributed by atoms with van der Waals surface area (Å²) in [6, 6.07) is 17.2. The number of carbonyl (C=O) groups excluding carboxylic acids is 1. The van der Waals surface area contributed by atoms with Crippen LogP contribution < -0.4 is 4.90 Å². The number of piperidine rings is 1. The molecule has 0 bridgehead atoms. The second-order valence-electron chi connectivity index (χ2n) is 12.5. The summed E-state index contributed by atoms with van der Waals surface area (Å²) < 4.78 is 96.1. The van der Waals surface area contributed by atoms with Gasteiger partial charge in [0, 0.05) is 18.8 Å². The van der Waals surface area contributed by atoms with E-state index in [4.69, 9.17) is 0 Å². The molecule has 2 fully saturated rings. The molecular formula is C35H37F7N2O. The SMILES string of the molecule is C[C@H](c1cc(C(F)(F)F)cc(C(F)(F)F)c1)[C@]1(C(=O)N(C)c2ccccc2)CC[C@H](N2CCC(c3ccc(F)cc3)CC2)CC1. The Kier molecular flexibility index (Phi) is 9.36. The van der Waals surface area contributed by atoms with Gasteiger partial charge >= 0.3 is 12.4 Å². The first-order valence-corrected chi connectivity index (χ1v) is 15.3. The first-order chi connectivity index (χ1) is 21.2. The third-order valence-electron chi connectivity index (χ3n) is 10.0. The Morgan fingerprint density at radius 1 is 0.822 bits per heavy atom. The zero-order valence-corrected chi connectivity index (χ0v) is 25.3. The van der Waals surface area contributed by atoms with Gasteiger partial charge in [0.1, 0.15) is 5.82 Å². The van der Waals surface area contributed by atoms with Gasteiger partial charge in [-0.3, -0.25) is 4.79 Å². The van der Waals surface area contributed by atoms with Gasteiger partial charge in [0.05, 0.1) is 16.5 Å². The van der Waals surface area contributed by atoms with E-state index in [1.807, 2.05) is 12.1 Å². The van der Waals surface area contributed by atoms with Gasteiger partial charge < -0.3 is 9.80 Å². The Morgan fingerprint density at radius 3 is 1.87 bits per heavy atom. The van der Waals surface area contributed by atoms with E-state index in [1.165, 1.54) is 17.0 Å². The minimum Gasteiger partial charge on any atom is -0.315 e. The lowest BCUT2D eigenvalue weighted by Gasteiger charge is -2.48. The molecule has 1 aliphatic heterocycles. The summed E-state index contributed by atoms with van der Waals surface area (Å²) >= 11 is 0. The Labute approximate surface area is 259 Å². The zero-order chi connectivity index (χ0) is 32.6. The molecule has 1 amide bonds. The highest BCUT2D eigenvalue weighted by Crippen LogP contribution is 2.51. The van der Waals surface area contributed by atoms with Crippen molar-refractivity contribution in [3.05, 3.63) is 101 Å². The molecule has 1 saturated heterocycles. The maximum Gasteiger partial charge on any atom is 0.416 e. The average Bonchev–Trinajstić information content (AvgIpc) is 3.03. The van der Waals surface area contributed by atoms with Crippen LogP contribution in [0.15, 0.2) is 72.8 Å². The fourth-order valence-electron chi connectivity index (χ4n) is 7.30. The minimum atomic E-state index is -4.98. The van der Waals surface area contributed by atoms with E-state index < -0.39 is 34.8 Å². The molecule has 0 unspecified atom stereocenters. The van der Waals surface area contributed by atoms with E-state index in [9.17, 15) is 35.5 Å². The highest BCUT2D eigenvalue weighted by Gasteiger charge is 2.50. The molecule has 3 nitrogen and oxygen atoms in total. The highest BCUT2D eigenvalue weighted by atomic mass is 19.4. The van der Waals surface area contributed by atoms with Crippen molar-refractivity contribution in [1.82, 2.24) is 4.90 Å². The third kappa shape index (κ3) is 7.05. The molecule has 0 aromatic heterocycles. The van der Waals surface area contributed by atoms with Crippen molar-refractivity contribution in [2.24, 2.45) is 5.41 Å². The van der Waals surface area contributed by atoms with Gasteiger partial charge in [-0.05, 0) is 117 Å². The molecule has 0 N–H and O–H groups in total. The molecule has 1 saturated carbocycles. The lowest BCUT2D eigenvalue weighted by molar-refractivity contribution is -0.143. The second-order valence-corrected chi connectivity index (χ2v) is 12.5. The molecule has 3 aromatic carbocycles. The number of halogens is 7. The van der Waals surface area contributed by atoms with Gasteiger partial charge in [0.25, 0.3) is 0 Å². The number of benzene rings is 3. The Balaban J connectivity index is 1.42. The molecule has 1 heterocycles. The molecule has 3 aromatic rings. The van der Waals surface area contributed by atoms with Crippen molar-refractivity contribution < 1.29 is 35.5 Å². The number of alkyl halides is 6. The first kappa shape index (κ1) is 33.0. The van der Waals surface area contributed by atoms with Crippen LogP contribution in [0.5, 0.6) is 0 Å². The lowest BCUT2D eigenvalue weighted by atomic mass is 9.62. The van der Waals surface area contributed by atoms with Gasteiger partial charge in [0.2, 0.25) is 5.91 Å². The van der Waals surface area contributed by atoms with Crippen molar-refractivity contribution >= 4 is 11.6 Å². The number of hydrogen-bond donors (Lipinski definition) is 0. The van der Waals surface area contributed by atoms with Crippen LogP contribution in [0.1, 0.15) is 79.5 Å². The summed E-state index contributed by atoms with van der Waals surface area (Å²) in [5, 5.41) is 0. The molecule has 1 atom stereocenters.